The van der Waals surface area contributed by atoms with Crippen LogP contribution in [0, 0.1) is 0 Å². The monoisotopic (exact) mass is 1780 g/mol. The Morgan fingerprint density at radius 3 is 1.26 bits per heavy atom. The molecule has 12 aromatic rings. The van der Waals surface area contributed by atoms with Crippen LogP contribution in [-0.2, 0) is 112 Å². The van der Waals surface area contributed by atoms with Gasteiger partial charge in [-0.3, -0.25) is 62.3 Å². The number of nitrogens with one attached hydrogen (secondary N) is 12. The summed E-state index contributed by atoms with van der Waals surface area (Å²) in [5, 5.41) is 34.1. The Morgan fingerprint density at radius 1 is 0.383 bits per heavy atom. The van der Waals surface area contributed by atoms with Crippen LogP contribution in [0.25, 0.3) is 0 Å². The van der Waals surface area contributed by atoms with Gasteiger partial charge in [-0.25, -0.2) is 4.98 Å². The van der Waals surface area contributed by atoms with Crippen molar-refractivity contribution in [3.63, 3.8) is 0 Å². The highest BCUT2D eigenvalue weighted by Crippen LogP contribution is 2.38. The van der Waals surface area contributed by atoms with Crippen molar-refractivity contribution in [1.29, 1.82) is 0 Å². The molecule has 28 nitrogen and oxygen atoms in total. The first kappa shape index (κ1) is 91.0. The molecule has 0 saturated carbocycles. The summed E-state index contributed by atoms with van der Waals surface area (Å²) >= 11 is 0. The minimum Gasteiger partial charge on any atom is -0.399 e. The Labute approximate surface area is 767 Å². The maximum Gasteiger partial charge on any atom is 0.259 e. The molecule has 7 heterocycles. The number of carbonyl (C=O) groups is 13. The van der Waals surface area contributed by atoms with Gasteiger partial charge in [0.1, 0.15) is 11.6 Å². The van der Waals surface area contributed by atoms with Crippen molar-refractivity contribution in [2.75, 3.05) is 81.5 Å². The van der Waals surface area contributed by atoms with Gasteiger partial charge >= 0.3 is 0 Å². The Kier molecular flexibility index (Phi) is 28.4. The van der Waals surface area contributed by atoms with Crippen molar-refractivity contribution in [2.45, 2.75) is 116 Å². The zero-order valence-electron chi connectivity index (χ0n) is 73.3. The number of fused-ring (bicyclic) bond motifs is 8. The number of nitrogens with two attached hydrogens (primary N) is 1. The van der Waals surface area contributed by atoms with Crippen molar-refractivity contribution >= 4 is 156 Å². The molecule has 6 aliphatic heterocycles. The van der Waals surface area contributed by atoms with Gasteiger partial charge in [-0.2, -0.15) is 0 Å². The van der Waals surface area contributed by atoms with Crippen LogP contribution in [0.1, 0.15) is 149 Å². The van der Waals surface area contributed by atoms with Crippen LogP contribution in [0.4, 0.5) is 79.8 Å². The van der Waals surface area contributed by atoms with Crippen molar-refractivity contribution in [2.24, 2.45) is 0 Å². The van der Waals surface area contributed by atoms with E-state index in [1.54, 1.807) is 121 Å². The van der Waals surface area contributed by atoms with E-state index in [1.165, 1.54) is 25.0 Å². The standard InChI is InChI=1S/2C19H18N2O2.C18H16N2O3.C17H15N3O3.C16H15N3O2.C16H15N3O/c2*22-18-11-13-10-14(8-9-17(13)21-18)20-19(23)16-7-3-5-12-4-1-2-6-15(12)16;1-11(21)7-12-3-2-4-13(8-12)18(23)19-15-5-6-16-14(9-15)10-17(22)20-16;1-10(21)18-13-4-2-11(3-5-13)17(23)19-14-6-7-15-12(8-14)9-16(22)20-15;17-12-3-1-10(2-4-12)7-15(20)18-13-5-6-14-11(8-13)9-16(21)19-14;1-11-8-12-9-13(10-17-15(12)18-11)16(20)19(2)14-6-4-3-5-7-14/h2*1-2,4,6,8-10,16H,3,5,7,11H2,(H,20,23)(H,21,22);2-6,8-9H,7,10H2,1H3,(H,19,23)(H,20,22);2-8H,9H2,1H3,(H,18,21)(H,19,23)(H,20,22);1-6,8H,7,9,17H2,(H,18,20)(H,19,21);3-7,9-10H,1,8H2,2H3,(H,17,18)/t2*16-;;;;/m10..../s1. The van der Waals surface area contributed by atoms with E-state index >= 15 is 0 Å². The molecular formula is C105H97N15O13. The first-order chi connectivity index (χ1) is 64.2. The fourth-order valence-corrected chi connectivity index (χ4v) is 16.8. The molecule has 28 heteroatoms. The van der Waals surface area contributed by atoms with E-state index < -0.39 is 0 Å². The lowest BCUT2D eigenvalue weighted by Gasteiger charge is -2.24. The summed E-state index contributed by atoms with van der Waals surface area (Å²) in [4.78, 5) is 159. The highest BCUT2D eigenvalue weighted by atomic mass is 16.2. The average Bonchev–Trinajstić information content (AvgIpc) is 0.987. The smallest absolute Gasteiger partial charge is 0.259 e. The number of hydrogen-bond acceptors (Lipinski definition) is 16. The van der Waals surface area contributed by atoms with Gasteiger partial charge in [0, 0.05) is 129 Å². The predicted molar refractivity (Wildman–Crippen MR) is 516 cm³/mol. The molecule has 2 aliphatic carbocycles. The second-order valence-electron chi connectivity index (χ2n) is 33.3. The summed E-state index contributed by atoms with van der Waals surface area (Å²) in [6.07, 6.45) is 10.6. The molecule has 2 atom stereocenters. The maximum absolute atomic E-state index is 12.7. The molecule has 20 rings (SSSR count). The van der Waals surface area contributed by atoms with Crippen molar-refractivity contribution in [3.8, 4) is 0 Å². The number of ketones is 1. The number of nitrogen functional groups attached to an aromatic ring is 1. The van der Waals surface area contributed by atoms with Gasteiger partial charge < -0.3 is 74.4 Å². The van der Waals surface area contributed by atoms with Gasteiger partial charge in [0.15, 0.2) is 0 Å². The number of aryl methyl sites for hydroxylation is 2. The molecule has 0 radical (unpaired) electrons. The van der Waals surface area contributed by atoms with Gasteiger partial charge in [-0.15, -0.1) is 0 Å². The van der Waals surface area contributed by atoms with Gasteiger partial charge in [-0.05, 0) is 264 Å². The number of hydrogen-bond donors (Lipinski definition) is 13. The van der Waals surface area contributed by atoms with E-state index in [2.05, 4.69) is 99.6 Å². The largest absolute Gasteiger partial charge is 0.399 e. The SMILES string of the molecule is C=C1Cc2cc(C(=O)N(C)c3ccccc3)cnc2N1.CC(=O)Cc1cccc(C(=O)Nc2ccc3c(c2)CC(=O)N3)c1.CC(=O)Nc1ccc(C(=O)Nc2ccc3c(c2)CC(=O)N3)cc1.Nc1ccc(CC(=O)Nc2ccc3c(c2)CC(=O)N3)cc1.O=C1Cc2cc(NC(=O)[C@@H]3CCCc4ccccc43)ccc2N1.O=C1Cc2cc(NC(=O)[C@H]3CCCc4ccccc43)ccc2N1. The molecule has 8 aliphatic rings. The van der Waals surface area contributed by atoms with Gasteiger partial charge in [-0.1, -0.05) is 97.6 Å². The zero-order valence-corrected chi connectivity index (χ0v) is 73.3. The number of aromatic nitrogens is 1. The van der Waals surface area contributed by atoms with E-state index in [4.69, 9.17) is 5.73 Å². The number of anilines is 14. The zero-order chi connectivity index (χ0) is 93.3. The van der Waals surface area contributed by atoms with E-state index in [-0.39, 0.29) is 94.9 Å². The number of nitrogens with zero attached hydrogens (tertiary/aromatic N) is 2. The number of para-hydroxylation sites is 1. The first-order valence-electron chi connectivity index (χ1n) is 43.6. The van der Waals surface area contributed by atoms with Crippen LogP contribution in [0.2, 0.25) is 0 Å². The molecule has 14 N–H and O–H groups in total. The second-order valence-corrected chi connectivity index (χ2v) is 33.3. The van der Waals surface area contributed by atoms with Crippen LogP contribution in [0.3, 0.4) is 0 Å². The predicted octanol–water partition coefficient (Wildman–Crippen LogP) is 16.2. The van der Waals surface area contributed by atoms with Crippen LogP contribution in [0.5, 0.6) is 0 Å². The lowest BCUT2D eigenvalue weighted by atomic mass is 9.82. The van der Waals surface area contributed by atoms with E-state index in [1.807, 2.05) is 121 Å². The van der Waals surface area contributed by atoms with E-state index in [9.17, 15) is 62.3 Å². The lowest BCUT2D eigenvalue weighted by Crippen LogP contribution is -2.26. The minimum atomic E-state index is -0.253. The van der Waals surface area contributed by atoms with Crippen LogP contribution < -0.4 is 74.4 Å². The van der Waals surface area contributed by atoms with Gasteiger partial charge in [0.2, 0.25) is 53.2 Å². The number of benzene rings is 11. The second kappa shape index (κ2) is 41.5. The van der Waals surface area contributed by atoms with E-state index in [0.29, 0.717) is 83.7 Å². The van der Waals surface area contributed by atoms with Gasteiger partial charge in [0.25, 0.3) is 17.7 Å². The Morgan fingerprint density at radius 2 is 0.805 bits per heavy atom. The number of allylic oxidation sites excluding steroid dienone is 1. The molecule has 12 amide bonds. The molecule has 0 spiro atoms. The van der Waals surface area contributed by atoms with Crippen molar-refractivity contribution in [3.05, 3.63) is 351 Å². The summed E-state index contributed by atoms with van der Waals surface area (Å²) in [7, 11) is 1.77. The molecule has 1 aromatic heterocycles. The number of rotatable bonds is 16. The number of Topliss-reactive ketones (excluding diaryl/α,β-unsaturated/α-hetero) is 1. The average molecular weight is 1780 g/mol. The summed E-state index contributed by atoms with van der Waals surface area (Å²) in [5.74, 6) is -0.173. The molecule has 0 saturated heterocycles. The fourth-order valence-electron chi connectivity index (χ4n) is 16.8. The fraction of sp³-hybridized carbons (Fsp3) is 0.181. The molecule has 0 fully saturated rings. The third kappa shape index (κ3) is 23.8. The summed E-state index contributed by atoms with van der Waals surface area (Å²) in [6.45, 7) is 6.82. The normalized spacial score (nSPS) is 14.7. The number of amides is 12. The quantitative estimate of drug-likeness (QED) is 0.0400. The molecule has 133 heavy (non-hydrogen) atoms. The molecule has 0 bridgehead atoms. The van der Waals surface area contributed by atoms with E-state index in [0.717, 1.165) is 158 Å². The van der Waals surface area contributed by atoms with Crippen LogP contribution >= 0.6 is 0 Å². The summed E-state index contributed by atoms with van der Waals surface area (Å²) in [6, 6.07) is 75.9. The van der Waals surface area contributed by atoms with Gasteiger partial charge in [0.05, 0.1) is 55.9 Å². The Hall–Kier alpha value is -16.8. The highest BCUT2D eigenvalue weighted by molar-refractivity contribution is 6.10. The Balaban J connectivity index is 0.000000122. The van der Waals surface area contributed by atoms with Crippen molar-refractivity contribution < 1.29 is 62.3 Å². The topological polar surface area (TPSA) is 408 Å². The Bertz CT molecular complexity index is 6500. The summed E-state index contributed by atoms with van der Waals surface area (Å²) < 4.78 is 0. The molecule has 670 valence electrons. The number of pyridine rings is 1. The minimum absolute atomic E-state index is 0.00434. The third-order valence-corrected chi connectivity index (χ3v) is 23.2. The first-order valence-corrected chi connectivity index (χ1v) is 43.6. The highest BCUT2D eigenvalue weighted by Gasteiger charge is 2.31. The molecule has 0 unspecified atom stereocenters. The van der Waals surface area contributed by atoms with Crippen LogP contribution in [0.15, 0.2) is 267 Å². The lowest BCUT2D eigenvalue weighted by molar-refractivity contribution is -0.118. The maximum atomic E-state index is 12.7. The number of carbonyl (C=O) groups excluding carboxylic acids is 13. The molecule has 11 aromatic carbocycles. The summed E-state index contributed by atoms with van der Waals surface area (Å²) in [5.41, 5.74) is 30.0. The van der Waals surface area contributed by atoms with Crippen LogP contribution in [-0.4, -0.2) is 88.7 Å². The molecular weight excluding hydrogens is 1680 g/mol. The third-order valence-electron chi connectivity index (χ3n) is 23.2. The van der Waals surface area contributed by atoms with Crippen molar-refractivity contribution in [1.82, 2.24) is 4.98 Å².